The number of amides is 1. The van der Waals surface area contributed by atoms with E-state index in [0.29, 0.717) is 18.5 Å². The second-order valence-corrected chi connectivity index (χ2v) is 5.18. The quantitative estimate of drug-likeness (QED) is 0.909. The average Bonchev–Trinajstić information content (AvgIpc) is 2.49. The lowest BCUT2D eigenvalue weighted by molar-refractivity contribution is -0.160. The summed E-state index contributed by atoms with van der Waals surface area (Å²) in [4.78, 5) is 24.7. The third kappa shape index (κ3) is 3.78. The van der Waals surface area contributed by atoms with Crippen LogP contribution in [0.1, 0.15) is 12.5 Å². The van der Waals surface area contributed by atoms with E-state index in [1.54, 1.807) is 25.1 Å². The maximum absolute atomic E-state index is 13.6. The normalized spacial score (nSPS) is 20.1. The van der Waals surface area contributed by atoms with Crippen molar-refractivity contribution in [1.29, 1.82) is 0 Å². The van der Waals surface area contributed by atoms with Gasteiger partial charge >= 0.3 is 5.97 Å². The maximum Gasteiger partial charge on any atom is 0.334 e. The van der Waals surface area contributed by atoms with Gasteiger partial charge in [0.1, 0.15) is 5.82 Å². The fourth-order valence-corrected chi connectivity index (χ4v) is 2.39. The number of carbonyl (C=O) groups is 2. The van der Waals surface area contributed by atoms with Crippen LogP contribution in [0.15, 0.2) is 24.3 Å². The van der Waals surface area contributed by atoms with Gasteiger partial charge in [0.2, 0.25) is 5.91 Å². The van der Waals surface area contributed by atoms with E-state index in [1.807, 2.05) is 0 Å². The topological polar surface area (TPSA) is 66.8 Å². The maximum atomic E-state index is 13.6. The van der Waals surface area contributed by atoms with Crippen LogP contribution in [0.4, 0.5) is 4.39 Å². The SMILES string of the molecule is C[C@H](Cc1ccccc1F)C(=O)N1CCO[C@@H](C(=O)O)C1. The Bertz CT molecular complexity index is 534. The Hall–Kier alpha value is -1.95. The van der Waals surface area contributed by atoms with E-state index in [4.69, 9.17) is 9.84 Å². The summed E-state index contributed by atoms with van der Waals surface area (Å²) in [6, 6.07) is 6.34. The first-order chi connectivity index (χ1) is 9.99. The van der Waals surface area contributed by atoms with Crippen LogP contribution in [0.2, 0.25) is 0 Å². The molecule has 0 unspecified atom stereocenters. The molecular weight excluding hydrogens is 277 g/mol. The van der Waals surface area contributed by atoms with Crippen molar-refractivity contribution in [2.75, 3.05) is 19.7 Å². The lowest BCUT2D eigenvalue weighted by atomic mass is 9.99. The number of nitrogens with zero attached hydrogens (tertiary/aromatic N) is 1. The summed E-state index contributed by atoms with van der Waals surface area (Å²) in [5, 5.41) is 8.94. The van der Waals surface area contributed by atoms with Gasteiger partial charge in [-0.2, -0.15) is 0 Å². The Kier molecular flexibility index (Phi) is 4.90. The lowest BCUT2D eigenvalue weighted by Gasteiger charge is -2.32. The van der Waals surface area contributed by atoms with Crippen LogP contribution < -0.4 is 0 Å². The summed E-state index contributed by atoms with van der Waals surface area (Å²) >= 11 is 0. The molecule has 1 aliphatic rings. The smallest absolute Gasteiger partial charge is 0.334 e. The number of halogens is 1. The molecule has 1 aliphatic heterocycles. The minimum Gasteiger partial charge on any atom is -0.479 e. The van der Waals surface area contributed by atoms with Crippen molar-refractivity contribution in [2.24, 2.45) is 5.92 Å². The van der Waals surface area contributed by atoms with Crippen LogP contribution in [-0.2, 0) is 20.7 Å². The molecule has 1 amide bonds. The highest BCUT2D eigenvalue weighted by molar-refractivity contribution is 5.80. The molecule has 0 saturated carbocycles. The fraction of sp³-hybridized carbons (Fsp3) is 0.467. The number of benzene rings is 1. The van der Waals surface area contributed by atoms with Gasteiger partial charge in [-0.05, 0) is 18.1 Å². The number of carboxylic acid groups (broad SMARTS) is 1. The van der Waals surface area contributed by atoms with Gasteiger partial charge in [0.05, 0.1) is 13.2 Å². The molecule has 6 heteroatoms. The van der Waals surface area contributed by atoms with Crippen LogP contribution in [0.3, 0.4) is 0 Å². The van der Waals surface area contributed by atoms with Gasteiger partial charge in [-0.3, -0.25) is 4.79 Å². The number of ether oxygens (including phenoxy) is 1. The predicted molar refractivity (Wildman–Crippen MR) is 73.2 cm³/mol. The van der Waals surface area contributed by atoms with Crippen LogP contribution in [0.25, 0.3) is 0 Å². The second-order valence-electron chi connectivity index (χ2n) is 5.18. The largest absolute Gasteiger partial charge is 0.479 e. The van der Waals surface area contributed by atoms with Crippen molar-refractivity contribution in [2.45, 2.75) is 19.4 Å². The van der Waals surface area contributed by atoms with Gasteiger partial charge < -0.3 is 14.7 Å². The first-order valence-corrected chi connectivity index (χ1v) is 6.85. The van der Waals surface area contributed by atoms with Crippen LogP contribution in [0.5, 0.6) is 0 Å². The van der Waals surface area contributed by atoms with Gasteiger partial charge in [0, 0.05) is 12.5 Å². The van der Waals surface area contributed by atoms with Gasteiger partial charge in [-0.1, -0.05) is 25.1 Å². The predicted octanol–water partition coefficient (Wildman–Crippen LogP) is 1.32. The summed E-state index contributed by atoms with van der Waals surface area (Å²) < 4.78 is 18.7. The van der Waals surface area contributed by atoms with E-state index in [1.165, 1.54) is 11.0 Å². The van der Waals surface area contributed by atoms with Gasteiger partial charge in [-0.25, -0.2) is 9.18 Å². The molecule has 2 atom stereocenters. The fourth-order valence-electron chi connectivity index (χ4n) is 2.39. The van der Waals surface area contributed by atoms with Crippen LogP contribution >= 0.6 is 0 Å². The molecule has 1 heterocycles. The number of morpholine rings is 1. The molecule has 0 radical (unpaired) electrons. The molecule has 0 aromatic heterocycles. The Morgan fingerprint density at radius 2 is 2.19 bits per heavy atom. The summed E-state index contributed by atoms with van der Waals surface area (Å²) in [5.41, 5.74) is 0.487. The summed E-state index contributed by atoms with van der Waals surface area (Å²) in [5.74, 6) is -1.99. The first kappa shape index (κ1) is 15.4. The summed E-state index contributed by atoms with van der Waals surface area (Å²) in [6.45, 7) is 2.33. The van der Waals surface area contributed by atoms with Crippen molar-refractivity contribution < 1.29 is 23.8 Å². The van der Waals surface area contributed by atoms with Crippen LogP contribution in [0, 0.1) is 11.7 Å². The van der Waals surface area contributed by atoms with E-state index >= 15 is 0 Å². The van der Waals surface area contributed by atoms with E-state index in [9.17, 15) is 14.0 Å². The monoisotopic (exact) mass is 295 g/mol. The molecule has 1 N–H and O–H groups in total. The Labute approximate surface area is 122 Å². The molecule has 21 heavy (non-hydrogen) atoms. The van der Waals surface area contributed by atoms with Crippen molar-refractivity contribution in [3.05, 3.63) is 35.6 Å². The molecule has 0 bridgehead atoms. The van der Waals surface area contributed by atoms with Gasteiger partial charge in [-0.15, -0.1) is 0 Å². The molecular formula is C15H18FNO4. The minimum absolute atomic E-state index is 0.0375. The first-order valence-electron chi connectivity index (χ1n) is 6.85. The Morgan fingerprint density at radius 3 is 2.86 bits per heavy atom. The van der Waals surface area contributed by atoms with E-state index in [0.717, 1.165) is 0 Å². The van der Waals surface area contributed by atoms with Crippen molar-refractivity contribution in [3.8, 4) is 0 Å². The molecule has 0 aliphatic carbocycles. The third-order valence-electron chi connectivity index (χ3n) is 3.56. The van der Waals surface area contributed by atoms with E-state index in [2.05, 4.69) is 0 Å². The number of hydrogen-bond acceptors (Lipinski definition) is 3. The van der Waals surface area contributed by atoms with Crippen molar-refractivity contribution in [1.82, 2.24) is 4.90 Å². The molecule has 1 fully saturated rings. The highest BCUT2D eigenvalue weighted by Crippen LogP contribution is 2.16. The van der Waals surface area contributed by atoms with Crippen molar-refractivity contribution in [3.63, 3.8) is 0 Å². The average molecular weight is 295 g/mol. The number of carbonyl (C=O) groups excluding carboxylic acids is 1. The molecule has 0 spiro atoms. The zero-order valence-corrected chi connectivity index (χ0v) is 11.8. The number of carboxylic acids is 1. The molecule has 1 aromatic carbocycles. The molecule has 114 valence electrons. The Balaban J connectivity index is 1.99. The molecule has 2 rings (SSSR count). The summed E-state index contributed by atoms with van der Waals surface area (Å²) in [7, 11) is 0. The number of hydrogen-bond donors (Lipinski definition) is 1. The number of aliphatic carboxylic acids is 1. The lowest BCUT2D eigenvalue weighted by Crippen LogP contribution is -2.50. The van der Waals surface area contributed by atoms with Crippen LogP contribution in [-0.4, -0.2) is 47.7 Å². The highest BCUT2D eigenvalue weighted by Gasteiger charge is 2.31. The Morgan fingerprint density at radius 1 is 1.48 bits per heavy atom. The second kappa shape index (κ2) is 6.67. The standard InChI is InChI=1S/C15H18FNO4/c1-10(8-11-4-2-3-5-12(11)16)14(18)17-6-7-21-13(9-17)15(19)20/h2-5,10,13H,6-9H2,1H3,(H,19,20)/t10-,13-/m1/s1. The third-order valence-corrected chi connectivity index (χ3v) is 3.56. The van der Waals surface area contributed by atoms with Crippen molar-refractivity contribution >= 4 is 11.9 Å². The van der Waals surface area contributed by atoms with Gasteiger partial charge in [0.25, 0.3) is 0 Å². The molecule has 1 saturated heterocycles. The molecule has 5 nitrogen and oxygen atoms in total. The van der Waals surface area contributed by atoms with E-state index in [-0.39, 0.29) is 24.9 Å². The number of rotatable bonds is 4. The highest BCUT2D eigenvalue weighted by atomic mass is 19.1. The zero-order valence-electron chi connectivity index (χ0n) is 11.8. The molecule has 1 aromatic rings. The minimum atomic E-state index is -1.07. The van der Waals surface area contributed by atoms with Gasteiger partial charge in [0.15, 0.2) is 6.10 Å². The zero-order chi connectivity index (χ0) is 15.4. The van der Waals surface area contributed by atoms with E-state index < -0.39 is 18.0 Å². The summed E-state index contributed by atoms with van der Waals surface area (Å²) in [6.07, 6.45) is -0.691.